The van der Waals surface area contributed by atoms with E-state index in [1.165, 1.54) is 17.8 Å². The predicted octanol–water partition coefficient (Wildman–Crippen LogP) is 2.94. The van der Waals surface area contributed by atoms with Crippen molar-refractivity contribution >= 4 is 17.7 Å². The molecule has 1 aromatic carbocycles. The highest BCUT2D eigenvalue weighted by molar-refractivity contribution is 7.99. The number of rotatable bonds is 4. The molecule has 0 aliphatic rings. The third-order valence-electron chi connectivity index (χ3n) is 2.25. The molecule has 5 heteroatoms. The van der Waals surface area contributed by atoms with E-state index < -0.39 is 5.97 Å². The molecule has 0 aliphatic heterocycles. The van der Waals surface area contributed by atoms with Crippen LogP contribution in [0.3, 0.4) is 0 Å². The van der Waals surface area contributed by atoms with E-state index >= 15 is 0 Å². The second-order valence-corrected chi connectivity index (χ2v) is 4.61. The Bertz CT molecular complexity index is 537. The summed E-state index contributed by atoms with van der Waals surface area (Å²) >= 11 is 1.52. The van der Waals surface area contributed by atoms with Crippen LogP contribution in [-0.4, -0.2) is 23.2 Å². The van der Waals surface area contributed by atoms with E-state index in [0.717, 1.165) is 15.5 Å². The van der Waals surface area contributed by atoms with Gasteiger partial charge in [-0.05, 0) is 36.4 Å². The van der Waals surface area contributed by atoms with Gasteiger partial charge < -0.3 is 9.84 Å². The normalized spacial score (nSPS) is 10.1. The second kappa shape index (κ2) is 5.55. The average molecular weight is 261 g/mol. The van der Waals surface area contributed by atoms with Crippen LogP contribution >= 0.6 is 11.8 Å². The molecule has 0 saturated heterocycles. The molecule has 0 saturated carbocycles. The number of ether oxygens (including phenoxy) is 1. The van der Waals surface area contributed by atoms with Crippen molar-refractivity contribution in [2.75, 3.05) is 7.11 Å². The van der Waals surface area contributed by atoms with Crippen LogP contribution in [0.4, 0.5) is 0 Å². The van der Waals surface area contributed by atoms with E-state index in [9.17, 15) is 4.79 Å². The van der Waals surface area contributed by atoms with Crippen molar-refractivity contribution in [2.24, 2.45) is 0 Å². The average Bonchev–Trinajstić information content (AvgIpc) is 2.40. The zero-order valence-electron chi connectivity index (χ0n) is 9.66. The first-order valence-electron chi connectivity index (χ1n) is 5.20. The third-order valence-corrected chi connectivity index (χ3v) is 3.24. The first-order valence-corrected chi connectivity index (χ1v) is 6.02. The molecule has 0 amide bonds. The SMILES string of the molecule is COc1ccc(Sc2ccc(C(=O)O)nc2)cc1. The van der Waals surface area contributed by atoms with E-state index in [0.29, 0.717) is 0 Å². The quantitative estimate of drug-likeness (QED) is 0.917. The minimum atomic E-state index is -1.02. The molecular formula is C13H11NO3S. The molecule has 0 fully saturated rings. The fraction of sp³-hybridized carbons (Fsp3) is 0.0769. The Morgan fingerprint density at radius 3 is 2.33 bits per heavy atom. The lowest BCUT2D eigenvalue weighted by Crippen LogP contribution is -1.98. The number of carbonyl (C=O) groups is 1. The lowest BCUT2D eigenvalue weighted by atomic mass is 10.3. The number of benzene rings is 1. The van der Waals surface area contributed by atoms with Crippen molar-refractivity contribution in [3.8, 4) is 5.75 Å². The number of nitrogens with zero attached hydrogens (tertiary/aromatic N) is 1. The lowest BCUT2D eigenvalue weighted by Gasteiger charge is -2.03. The van der Waals surface area contributed by atoms with E-state index in [4.69, 9.17) is 9.84 Å². The molecule has 0 spiro atoms. The van der Waals surface area contributed by atoms with Crippen molar-refractivity contribution < 1.29 is 14.6 Å². The van der Waals surface area contributed by atoms with Gasteiger partial charge in [0.05, 0.1) is 7.11 Å². The molecular weight excluding hydrogens is 250 g/mol. The van der Waals surface area contributed by atoms with Crippen LogP contribution in [0.1, 0.15) is 10.5 Å². The van der Waals surface area contributed by atoms with Gasteiger partial charge in [-0.1, -0.05) is 11.8 Å². The fourth-order valence-corrected chi connectivity index (χ4v) is 2.13. The molecule has 92 valence electrons. The first-order chi connectivity index (χ1) is 8.69. The van der Waals surface area contributed by atoms with Crippen LogP contribution in [0.25, 0.3) is 0 Å². The summed E-state index contributed by atoms with van der Waals surface area (Å²) in [5, 5.41) is 8.74. The van der Waals surface area contributed by atoms with Gasteiger partial charge in [-0.25, -0.2) is 9.78 Å². The molecule has 18 heavy (non-hydrogen) atoms. The van der Waals surface area contributed by atoms with E-state index in [2.05, 4.69) is 4.98 Å². The second-order valence-electron chi connectivity index (χ2n) is 3.46. The minimum Gasteiger partial charge on any atom is -0.497 e. The van der Waals surface area contributed by atoms with Gasteiger partial charge in [0.15, 0.2) is 0 Å². The Kier molecular flexibility index (Phi) is 3.84. The molecule has 0 unspecified atom stereocenters. The highest BCUT2D eigenvalue weighted by atomic mass is 32.2. The molecule has 4 nitrogen and oxygen atoms in total. The molecule has 0 bridgehead atoms. The molecule has 1 N–H and O–H groups in total. The summed E-state index contributed by atoms with van der Waals surface area (Å²) in [7, 11) is 1.62. The van der Waals surface area contributed by atoms with E-state index in [1.807, 2.05) is 24.3 Å². The largest absolute Gasteiger partial charge is 0.497 e. The molecule has 0 aliphatic carbocycles. The van der Waals surface area contributed by atoms with Crippen LogP contribution in [0.15, 0.2) is 52.4 Å². The van der Waals surface area contributed by atoms with Gasteiger partial charge >= 0.3 is 5.97 Å². The monoisotopic (exact) mass is 261 g/mol. The van der Waals surface area contributed by atoms with Crippen molar-refractivity contribution in [3.05, 3.63) is 48.3 Å². The zero-order valence-corrected chi connectivity index (χ0v) is 10.5. The standard InChI is InChI=1S/C13H11NO3S/c1-17-9-2-4-10(5-3-9)18-11-6-7-12(13(15)16)14-8-11/h2-8H,1H3,(H,15,16). The first kappa shape index (κ1) is 12.4. The Hall–Kier alpha value is -2.01. The number of methoxy groups -OCH3 is 1. The van der Waals surface area contributed by atoms with Crippen molar-refractivity contribution in [1.82, 2.24) is 4.98 Å². The highest BCUT2D eigenvalue weighted by Crippen LogP contribution is 2.28. The van der Waals surface area contributed by atoms with Gasteiger partial charge in [0.25, 0.3) is 0 Å². The number of aromatic nitrogens is 1. The molecule has 0 atom stereocenters. The van der Waals surface area contributed by atoms with Gasteiger partial charge in [0, 0.05) is 16.0 Å². The highest BCUT2D eigenvalue weighted by Gasteiger charge is 2.04. The Labute approximate surface area is 109 Å². The fourth-order valence-electron chi connectivity index (χ4n) is 1.35. The Morgan fingerprint density at radius 1 is 1.17 bits per heavy atom. The van der Waals surface area contributed by atoms with E-state index in [-0.39, 0.29) is 5.69 Å². The predicted molar refractivity (Wildman–Crippen MR) is 68.3 cm³/mol. The van der Waals surface area contributed by atoms with Crippen LogP contribution in [0, 0.1) is 0 Å². The topological polar surface area (TPSA) is 59.4 Å². The summed E-state index contributed by atoms with van der Waals surface area (Å²) in [6, 6.07) is 10.9. The summed E-state index contributed by atoms with van der Waals surface area (Å²) < 4.78 is 5.07. The molecule has 2 rings (SSSR count). The van der Waals surface area contributed by atoms with Crippen molar-refractivity contribution in [1.29, 1.82) is 0 Å². The number of pyridine rings is 1. The summed E-state index contributed by atoms with van der Waals surface area (Å²) in [5.41, 5.74) is 0.0501. The number of hydrogen-bond acceptors (Lipinski definition) is 4. The van der Waals surface area contributed by atoms with Gasteiger partial charge in [-0.2, -0.15) is 0 Å². The maximum atomic E-state index is 10.7. The van der Waals surface area contributed by atoms with Crippen LogP contribution in [0.5, 0.6) is 5.75 Å². The Morgan fingerprint density at radius 2 is 1.83 bits per heavy atom. The van der Waals surface area contributed by atoms with Gasteiger partial charge in [0.2, 0.25) is 0 Å². The van der Waals surface area contributed by atoms with E-state index in [1.54, 1.807) is 19.4 Å². The third kappa shape index (κ3) is 3.01. The molecule has 1 aromatic heterocycles. The van der Waals surface area contributed by atoms with Crippen molar-refractivity contribution in [3.63, 3.8) is 0 Å². The molecule has 1 heterocycles. The number of hydrogen-bond donors (Lipinski definition) is 1. The maximum absolute atomic E-state index is 10.7. The molecule has 2 aromatic rings. The summed E-state index contributed by atoms with van der Waals surface area (Å²) in [6.45, 7) is 0. The Balaban J connectivity index is 2.10. The summed E-state index contributed by atoms with van der Waals surface area (Å²) in [5.74, 6) is -0.213. The number of aromatic carboxylic acids is 1. The van der Waals surface area contributed by atoms with Crippen LogP contribution < -0.4 is 4.74 Å². The molecule has 0 radical (unpaired) electrons. The van der Waals surface area contributed by atoms with Gasteiger partial charge in [0.1, 0.15) is 11.4 Å². The maximum Gasteiger partial charge on any atom is 0.354 e. The summed E-state index contributed by atoms with van der Waals surface area (Å²) in [6.07, 6.45) is 1.55. The number of carboxylic acid groups (broad SMARTS) is 1. The van der Waals surface area contributed by atoms with Gasteiger partial charge in [-0.3, -0.25) is 0 Å². The minimum absolute atomic E-state index is 0.0501. The van der Waals surface area contributed by atoms with Crippen molar-refractivity contribution in [2.45, 2.75) is 9.79 Å². The smallest absolute Gasteiger partial charge is 0.354 e. The lowest BCUT2D eigenvalue weighted by molar-refractivity contribution is 0.0690. The van der Waals surface area contributed by atoms with Gasteiger partial charge in [-0.15, -0.1) is 0 Å². The number of carboxylic acids is 1. The van der Waals surface area contributed by atoms with Crippen LogP contribution in [-0.2, 0) is 0 Å². The summed E-state index contributed by atoms with van der Waals surface area (Å²) in [4.78, 5) is 16.5. The van der Waals surface area contributed by atoms with Crippen LogP contribution in [0.2, 0.25) is 0 Å². The zero-order chi connectivity index (χ0) is 13.0.